The number of hydrogen-bond acceptors (Lipinski definition) is 4. The zero-order valence-electron chi connectivity index (χ0n) is 9.64. The molecule has 0 aliphatic carbocycles. The third-order valence-corrected chi connectivity index (χ3v) is 3.22. The van der Waals surface area contributed by atoms with Crippen molar-refractivity contribution in [2.45, 2.75) is 6.92 Å². The number of carbonyl (C=O) groups is 1. The van der Waals surface area contributed by atoms with Crippen LogP contribution in [0.15, 0.2) is 34.7 Å². The minimum Gasteiger partial charge on any atom is -0.448 e. The van der Waals surface area contributed by atoms with Crippen LogP contribution < -0.4 is 10.1 Å². The Bertz CT molecular complexity index is 632. The maximum atomic E-state index is 11.9. The van der Waals surface area contributed by atoms with Gasteiger partial charge in [0.25, 0.3) is 5.91 Å². The van der Waals surface area contributed by atoms with Crippen molar-refractivity contribution in [2.24, 2.45) is 0 Å². The number of hydrogen-bond donors (Lipinski definition) is 1. The molecule has 0 saturated carbocycles. The number of thiophene rings is 1. The molecule has 3 rings (SSSR count). The van der Waals surface area contributed by atoms with E-state index in [0.717, 1.165) is 11.3 Å². The first-order valence-electron chi connectivity index (χ1n) is 5.43. The molecule has 3 heterocycles. The van der Waals surface area contributed by atoms with Gasteiger partial charge in [-0.3, -0.25) is 4.79 Å². The normalized spacial score (nSPS) is 16.1. The van der Waals surface area contributed by atoms with Crippen LogP contribution in [0.3, 0.4) is 0 Å². The van der Waals surface area contributed by atoms with E-state index in [1.165, 1.54) is 0 Å². The van der Waals surface area contributed by atoms with Gasteiger partial charge in [-0.15, -0.1) is 0 Å². The number of aryl methyl sites for hydroxylation is 1. The molecule has 0 fully saturated rings. The molecule has 0 saturated heterocycles. The predicted molar refractivity (Wildman–Crippen MR) is 70.5 cm³/mol. The molecular weight excluding hydrogens is 248 g/mol. The first kappa shape index (κ1) is 11.0. The highest BCUT2D eigenvalue weighted by atomic mass is 32.1. The molecule has 18 heavy (non-hydrogen) atoms. The van der Waals surface area contributed by atoms with Crippen molar-refractivity contribution in [3.05, 3.63) is 46.0 Å². The first-order chi connectivity index (χ1) is 8.72. The summed E-state index contributed by atoms with van der Waals surface area (Å²) in [6, 6.07) is 5.58. The Hall–Kier alpha value is -2.14. The largest absolute Gasteiger partial charge is 0.448 e. The van der Waals surface area contributed by atoms with Crippen LogP contribution in [0.4, 0.5) is 5.82 Å². The highest BCUT2D eigenvalue weighted by molar-refractivity contribution is 7.08. The van der Waals surface area contributed by atoms with Gasteiger partial charge in [0.05, 0.1) is 0 Å². The molecule has 2 aromatic heterocycles. The Morgan fingerprint density at radius 1 is 1.39 bits per heavy atom. The van der Waals surface area contributed by atoms with E-state index in [4.69, 9.17) is 4.74 Å². The summed E-state index contributed by atoms with van der Waals surface area (Å²) in [4.78, 5) is 16.1. The molecule has 0 atom stereocenters. The second-order valence-electron chi connectivity index (χ2n) is 3.92. The van der Waals surface area contributed by atoms with Gasteiger partial charge in [0, 0.05) is 5.69 Å². The number of nitrogens with one attached hydrogen (secondary N) is 1. The number of ether oxygens (including phenoxy) is 1. The molecule has 90 valence electrons. The van der Waals surface area contributed by atoms with E-state index in [1.54, 1.807) is 23.5 Å². The predicted octanol–water partition coefficient (Wildman–Crippen LogP) is 2.82. The van der Waals surface area contributed by atoms with E-state index < -0.39 is 0 Å². The number of aromatic nitrogens is 1. The van der Waals surface area contributed by atoms with Gasteiger partial charge in [-0.2, -0.15) is 11.3 Å². The molecule has 1 amide bonds. The summed E-state index contributed by atoms with van der Waals surface area (Å²) < 4.78 is 5.56. The third-order valence-electron chi connectivity index (χ3n) is 2.51. The van der Waals surface area contributed by atoms with Gasteiger partial charge in [-0.05, 0) is 47.5 Å². The number of amides is 1. The van der Waals surface area contributed by atoms with Crippen LogP contribution in [0.2, 0.25) is 0 Å². The maximum Gasteiger partial charge on any atom is 0.292 e. The van der Waals surface area contributed by atoms with E-state index in [0.29, 0.717) is 11.6 Å². The van der Waals surface area contributed by atoms with E-state index in [9.17, 15) is 4.79 Å². The van der Waals surface area contributed by atoms with Crippen LogP contribution in [-0.4, -0.2) is 10.9 Å². The topological polar surface area (TPSA) is 51.2 Å². The summed E-state index contributed by atoms with van der Waals surface area (Å²) in [7, 11) is 0. The van der Waals surface area contributed by atoms with Crippen LogP contribution in [0, 0.1) is 6.92 Å². The van der Waals surface area contributed by atoms with E-state index >= 15 is 0 Å². The highest BCUT2D eigenvalue weighted by Gasteiger charge is 2.22. The van der Waals surface area contributed by atoms with Gasteiger partial charge < -0.3 is 10.1 Å². The SMILES string of the molecule is Cc1ccc2c(n1)NC(=O)C(=Cc1ccsc1)O2. The quantitative estimate of drug-likeness (QED) is 0.800. The molecule has 1 N–H and O–H groups in total. The van der Waals surface area contributed by atoms with Crippen LogP contribution in [0.25, 0.3) is 6.08 Å². The fourth-order valence-electron chi connectivity index (χ4n) is 1.65. The molecule has 0 spiro atoms. The number of nitrogens with zero attached hydrogens (tertiary/aromatic N) is 1. The lowest BCUT2D eigenvalue weighted by atomic mass is 10.2. The Labute approximate surface area is 108 Å². The molecule has 0 unspecified atom stereocenters. The third kappa shape index (κ3) is 2.00. The summed E-state index contributed by atoms with van der Waals surface area (Å²) in [6.07, 6.45) is 1.72. The Morgan fingerprint density at radius 2 is 2.28 bits per heavy atom. The van der Waals surface area contributed by atoms with Crippen LogP contribution in [0.5, 0.6) is 5.75 Å². The van der Waals surface area contributed by atoms with Crippen molar-refractivity contribution in [3.63, 3.8) is 0 Å². The van der Waals surface area contributed by atoms with Gasteiger partial charge in [0.15, 0.2) is 17.3 Å². The van der Waals surface area contributed by atoms with Crippen molar-refractivity contribution in [1.29, 1.82) is 0 Å². The average Bonchev–Trinajstić information content (AvgIpc) is 2.83. The number of fused-ring (bicyclic) bond motifs is 1. The lowest BCUT2D eigenvalue weighted by molar-refractivity contribution is -0.115. The van der Waals surface area contributed by atoms with Crippen LogP contribution >= 0.6 is 11.3 Å². The summed E-state index contributed by atoms with van der Waals surface area (Å²) >= 11 is 1.57. The van der Waals surface area contributed by atoms with Gasteiger partial charge in [0.1, 0.15) is 0 Å². The lowest BCUT2D eigenvalue weighted by Gasteiger charge is -2.18. The standard InChI is InChI=1S/C13H10N2O2S/c1-8-2-3-10-12(14-8)15-13(16)11(17-10)6-9-4-5-18-7-9/h2-7H,1H3,(H,14,15,16). The second-order valence-corrected chi connectivity index (χ2v) is 4.70. The smallest absolute Gasteiger partial charge is 0.292 e. The zero-order chi connectivity index (χ0) is 12.5. The van der Waals surface area contributed by atoms with Crippen LogP contribution in [-0.2, 0) is 4.79 Å². The van der Waals surface area contributed by atoms with Crippen molar-refractivity contribution in [3.8, 4) is 5.75 Å². The van der Waals surface area contributed by atoms with Gasteiger partial charge in [0.2, 0.25) is 0 Å². The zero-order valence-corrected chi connectivity index (χ0v) is 10.5. The highest BCUT2D eigenvalue weighted by Crippen LogP contribution is 2.29. The number of carbonyl (C=O) groups excluding carboxylic acids is 1. The minimum atomic E-state index is -0.271. The Balaban J connectivity index is 1.97. The summed E-state index contributed by atoms with van der Waals surface area (Å²) in [5, 5.41) is 6.62. The molecule has 1 aliphatic rings. The summed E-state index contributed by atoms with van der Waals surface area (Å²) in [6.45, 7) is 1.86. The molecule has 0 radical (unpaired) electrons. The molecular formula is C13H10N2O2S. The van der Waals surface area contributed by atoms with Crippen molar-refractivity contribution >= 4 is 29.1 Å². The number of rotatable bonds is 1. The first-order valence-corrected chi connectivity index (χ1v) is 6.37. The van der Waals surface area contributed by atoms with Gasteiger partial charge in [-0.1, -0.05) is 0 Å². The van der Waals surface area contributed by atoms with E-state index in [-0.39, 0.29) is 11.7 Å². The molecule has 4 nitrogen and oxygen atoms in total. The molecule has 0 aromatic carbocycles. The fourth-order valence-corrected chi connectivity index (χ4v) is 2.27. The lowest BCUT2D eigenvalue weighted by Crippen LogP contribution is -2.24. The second kappa shape index (κ2) is 4.27. The Kier molecular flexibility index (Phi) is 2.60. The average molecular weight is 258 g/mol. The maximum absolute atomic E-state index is 11.9. The molecule has 1 aliphatic heterocycles. The molecule has 0 bridgehead atoms. The van der Waals surface area contributed by atoms with Crippen LogP contribution in [0.1, 0.15) is 11.3 Å². The van der Waals surface area contributed by atoms with Crippen molar-refractivity contribution < 1.29 is 9.53 Å². The number of anilines is 1. The molecule has 5 heteroatoms. The van der Waals surface area contributed by atoms with E-state index in [2.05, 4.69) is 10.3 Å². The van der Waals surface area contributed by atoms with Gasteiger partial charge in [-0.25, -0.2) is 4.98 Å². The summed E-state index contributed by atoms with van der Waals surface area (Å²) in [5.41, 5.74) is 1.79. The number of pyridine rings is 1. The molecule has 2 aromatic rings. The van der Waals surface area contributed by atoms with Crippen molar-refractivity contribution in [1.82, 2.24) is 4.98 Å². The monoisotopic (exact) mass is 258 g/mol. The summed E-state index contributed by atoms with van der Waals surface area (Å²) in [5.74, 6) is 1.06. The van der Waals surface area contributed by atoms with Gasteiger partial charge >= 0.3 is 0 Å². The Morgan fingerprint density at radius 3 is 3.06 bits per heavy atom. The van der Waals surface area contributed by atoms with E-state index in [1.807, 2.05) is 29.8 Å². The minimum absolute atomic E-state index is 0.271. The fraction of sp³-hybridized carbons (Fsp3) is 0.0769. The van der Waals surface area contributed by atoms with Crippen molar-refractivity contribution in [2.75, 3.05) is 5.32 Å².